The fourth-order valence-corrected chi connectivity index (χ4v) is 5.11. The van der Waals surface area contributed by atoms with Crippen molar-refractivity contribution in [1.82, 2.24) is 0 Å². The molecular weight excluding hydrogens is 348 g/mol. The molecule has 1 heterocycles. The van der Waals surface area contributed by atoms with E-state index in [1.807, 2.05) is 45.9 Å². The van der Waals surface area contributed by atoms with Gasteiger partial charge in [0, 0.05) is 17.8 Å². The molecule has 1 fully saturated rings. The van der Waals surface area contributed by atoms with Crippen molar-refractivity contribution >= 4 is 27.3 Å². The molecule has 1 aliphatic heterocycles. The van der Waals surface area contributed by atoms with Crippen LogP contribution in [0.15, 0.2) is 30.3 Å². The third kappa shape index (κ3) is 3.46. The average Bonchev–Trinajstić information content (AvgIpc) is 2.88. The number of benzene rings is 2. The van der Waals surface area contributed by atoms with E-state index < -0.39 is 10.0 Å². The minimum absolute atomic E-state index is 0.171. The highest BCUT2D eigenvalue weighted by molar-refractivity contribution is 7.93. The minimum atomic E-state index is -3.25. The van der Waals surface area contributed by atoms with Gasteiger partial charge in [-0.15, -0.1) is 0 Å². The highest BCUT2D eigenvalue weighted by Crippen LogP contribution is 2.29. The van der Waals surface area contributed by atoms with Crippen molar-refractivity contribution in [2.75, 3.05) is 21.9 Å². The Hall–Kier alpha value is -2.34. The zero-order chi connectivity index (χ0) is 19.1. The maximum absolute atomic E-state index is 12.8. The van der Waals surface area contributed by atoms with Crippen LogP contribution in [0.2, 0.25) is 0 Å². The van der Waals surface area contributed by atoms with Crippen LogP contribution in [0, 0.1) is 27.7 Å². The van der Waals surface area contributed by atoms with Gasteiger partial charge in [-0.2, -0.15) is 0 Å². The van der Waals surface area contributed by atoms with Crippen molar-refractivity contribution in [1.29, 1.82) is 0 Å². The number of aryl methyl sites for hydroxylation is 4. The normalized spacial score (nSPS) is 15.9. The number of carbonyl (C=O) groups excluding carboxylic acids is 1. The SMILES string of the molecule is Cc1cc(C)c(C(=O)Nc2cc(N3CCCS3(=O)=O)ccc2C)c(C)c1. The standard InChI is InChI=1S/C20H24N2O3S/c1-13-10-15(3)19(16(4)11-13)20(23)21-18-12-17(7-6-14(18)2)22-8-5-9-26(22,24)25/h6-7,10-12H,5,8-9H2,1-4H3,(H,21,23). The third-order valence-corrected chi connectivity index (χ3v) is 6.63. The second-order valence-corrected chi connectivity index (χ2v) is 8.98. The number of carbonyl (C=O) groups is 1. The Bertz CT molecular complexity index is 958. The van der Waals surface area contributed by atoms with Crippen LogP contribution in [0.5, 0.6) is 0 Å². The molecule has 2 aromatic rings. The van der Waals surface area contributed by atoms with Gasteiger partial charge in [-0.1, -0.05) is 23.8 Å². The lowest BCUT2D eigenvalue weighted by atomic mass is 9.99. The van der Waals surface area contributed by atoms with E-state index in [2.05, 4.69) is 5.32 Å². The molecule has 3 rings (SSSR count). The van der Waals surface area contributed by atoms with E-state index in [4.69, 9.17) is 0 Å². The summed E-state index contributed by atoms with van der Waals surface area (Å²) in [6.07, 6.45) is 0.625. The van der Waals surface area contributed by atoms with E-state index in [0.717, 1.165) is 22.3 Å². The molecule has 1 aliphatic rings. The molecule has 0 radical (unpaired) electrons. The van der Waals surface area contributed by atoms with Gasteiger partial charge in [0.25, 0.3) is 5.91 Å². The minimum Gasteiger partial charge on any atom is -0.322 e. The molecular formula is C20H24N2O3S. The van der Waals surface area contributed by atoms with Gasteiger partial charge in [-0.3, -0.25) is 9.10 Å². The van der Waals surface area contributed by atoms with Crippen molar-refractivity contribution in [3.63, 3.8) is 0 Å². The number of amides is 1. The first-order valence-electron chi connectivity index (χ1n) is 8.69. The number of rotatable bonds is 3. The highest BCUT2D eigenvalue weighted by atomic mass is 32.2. The molecule has 1 N–H and O–H groups in total. The maximum atomic E-state index is 12.8. The molecule has 26 heavy (non-hydrogen) atoms. The van der Waals surface area contributed by atoms with Gasteiger partial charge in [0.15, 0.2) is 0 Å². The van der Waals surface area contributed by atoms with Crippen molar-refractivity contribution in [3.05, 3.63) is 58.1 Å². The molecule has 138 valence electrons. The summed E-state index contributed by atoms with van der Waals surface area (Å²) in [5, 5.41) is 2.96. The van der Waals surface area contributed by atoms with Gasteiger partial charge in [0.2, 0.25) is 10.0 Å². The lowest BCUT2D eigenvalue weighted by Crippen LogP contribution is -2.25. The highest BCUT2D eigenvalue weighted by Gasteiger charge is 2.28. The first-order valence-corrected chi connectivity index (χ1v) is 10.3. The summed E-state index contributed by atoms with van der Waals surface area (Å²) in [6, 6.07) is 9.35. The van der Waals surface area contributed by atoms with Crippen molar-refractivity contribution in [3.8, 4) is 0 Å². The van der Waals surface area contributed by atoms with Gasteiger partial charge >= 0.3 is 0 Å². The number of nitrogens with zero attached hydrogens (tertiary/aromatic N) is 1. The van der Waals surface area contributed by atoms with Crippen LogP contribution in [-0.2, 0) is 10.0 Å². The zero-order valence-corrected chi connectivity index (χ0v) is 16.4. The Kier molecular flexibility index (Phi) is 4.80. The summed E-state index contributed by atoms with van der Waals surface area (Å²) in [5.41, 5.74) is 5.76. The fourth-order valence-electron chi connectivity index (χ4n) is 3.55. The van der Waals surface area contributed by atoms with Crippen molar-refractivity contribution in [2.45, 2.75) is 34.1 Å². The Morgan fingerprint density at radius 3 is 2.23 bits per heavy atom. The Morgan fingerprint density at radius 2 is 1.65 bits per heavy atom. The van der Waals surface area contributed by atoms with Gasteiger partial charge in [-0.25, -0.2) is 8.42 Å². The van der Waals surface area contributed by atoms with Crippen LogP contribution in [0.1, 0.15) is 39.0 Å². The summed E-state index contributed by atoms with van der Waals surface area (Å²) in [4.78, 5) is 12.8. The fraction of sp³-hybridized carbons (Fsp3) is 0.350. The van der Waals surface area contributed by atoms with E-state index in [9.17, 15) is 13.2 Å². The van der Waals surface area contributed by atoms with Gasteiger partial charge in [-0.05, 0) is 62.9 Å². The Morgan fingerprint density at radius 1 is 1.00 bits per heavy atom. The smallest absolute Gasteiger partial charge is 0.256 e. The largest absolute Gasteiger partial charge is 0.322 e. The summed E-state index contributed by atoms with van der Waals surface area (Å²) in [6.45, 7) is 8.23. The van der Waals surface area contributed by atoms with Crippen LogP contribution in [0.3, 0.4) is 0 Å². The Balaban J connectivity index is 1.93. The Labute approximate surface area is 155 Å². The van der Waals surface area contributed by atoms with Crippen molar-refractivity contribution < 1.29 is 13.2 Å². The van der Waals surface area contributed by atoms with Gasteiger partial charge in [0.05, 0.1) is 11.4 Å². The molecule has 6 heteroatoms. The number of hydrogen-bond donors (Lipinski definition) is 1. The first-order chi connectivity index (χ1) is 12.2. The maximum Gasteiger partial charge on any atom is 0.256 e. The summed E-state index contributed by atoms with van der Waals surface area (Å²) in [7, 11) is -3.25. The molecule has 0 unspecified atom stereocenters. The molecule has 0 spiro atoms. The molecule has 1 saturated heterocycles. The third-order valence-electron chi connectivity index (χ3n) is 4.76. The van der Waals surface area contributed by atoms with Crippen LogP contribution >= 0.6 is 0 Å². The zero-order valence-electron chi connectivity index (χ0n) is 15.6. The second-order valence-electron chi connectivity index (χ2n) is 6.97. The summed E-state index contributed by atoms with van der Waals surface area (Å²) < 4.78 is 25.7. The topological polar surface area (TPSA) is 66.5 Å². The number of anilines is 2. The van der Waals surface area contributed by atoms with Crippen LogP contribution < -0.4 is 9.62 Å². The monoisotopic (exact) mass is 372 g/mol. The van der Waals surface area contributed by atoms with E-state index >= 15 is 0 Å². The molecule has 0 aromatic heterocycles. The molecule has 0 atom stereocenters. The molecule has 0 saturated carbocycles. The van der Waals surface area contributed by atoms with Crippen molar-refractivity contribution in [2.24, 2.45) is 0 Å². The quantitative estimate of drug-likeness (QED) is 0.893. The number of hydrogen-bond acceptors (Lipinski definition) is 3. The lowest BCUT2D eigenvalue weighted by molar-refractivity contribution is 0.102. The van der Waals surface area contributed by atoms with Crippen LogP contribution in [0.4, 0.5) is 11.4 Å². The van der Waals surface area contributed by atoms with E-state index in [-0.39, 0.29) is 11.7 Å². The average molecular weight is 372 g/mol. The molecule has 5 nitrogen and oxygen atoms in total. The predicted molar refractivity (Wildman–Crippen MR) is 106 cm³/mol. The summed E-state index contributed by atoms with van der Waals surface area (Å²) >= 11 is 0. The van der Waals surface area contributed by atoms with E-state index in [1.54, 1.807) is 12.1 Å². The lowest BCUT2D eigenvalue weighted by Gasteiger charge is -2.19. The molecule has 0 bridgehead atoms. The molecule has 1 amide bonds. The number of nitrogens with one attached hydrogen (secondary N) is 1. The van der Waals surface area contributed by atoms with Crippen LogP contribution in [0.25, 0.3) is 0 Å². The second kappa shape index (κ2) is 6.76. The van der Waals surface area contributed by atoms with Gasteiger partial charge < -0.3 is 5.32 Å². The molecule has 0 aliphatic carbocycles. The van der Waals surface area contributed by atoms with E-state index in [0.29, 0.717) is 29.9 Å². The van der Waals surface area contributed by atoms with Gasteiger partial charge in [0.1, 0.15) is 0 Å². The predicted octanol–water partition coefficient (Wildman–Crippen LogP) is 3.71. The van der Waals surface area contributed by atoms with Crippen LogP contribution in [-0.4, -0.2) is 26.6 Å². The molecule has 2 aromatic carbocycles. The first kappa shape index (κ1) is 18.5. The van der Waals surface area contributed by atoms with E-state index in [1.165, 1.54) is 4.31 Å². The number of sulfonamides is 1. The summed E-state index contributed by atoms with van der Waals surface area (Å²) in [5.74, 6) is -0.00540.